The van der Waals surface area contributed by atoms with Crippen LogP contribution in [0.3, 0.4) is 0 Å². The Morgan fingerprint density at radius 1 is 1.39 bits per heavy atom. The maximum Gasteiger partial charge on any atom is 0.274 e. The number of rotatable bonds is 3. The number of hydrogen-bond acceptors (Lipinski definition) is 5. The van der Waals surface area contributed by atoms with Crippen LogP contribution in [-0.2, 0) is 6.54 Å². The second-order valence-electron chi connectivity index (χ2n) is 4.36. The Balaban J connectivity index is 2.18. The quantitative estimate of drug-likeness (QED) is 0.599. The molecule has 1 aromatic rings. The van der Waals surface area contributed by atoms with E-state index >= 15 is 0 Å². The third-order valence-corrected chi connectivity index (χ3v) is 2.97. The predicted octanol–water partition coefficient (Wildman–Crippen LogP) is 0.271. The van der Waals surface area contributed by atoms with E-state index in [2.05, 4.69) is 0 Å². The lowest BCUT2D eigenvalue weighted by Crippen LogP contribution is -2.22. The van der Waals surface area contributed by atoms with Crippen LogP contribution in [0.1, 0.15) is 5.56 Å². The predicted molar refractivity (Wildman–Crippen MR) is 60.3 cm³/mol. The summed E-state index contributed by atoms with van der Waals surface area (Å²) in [5, 5.41) is 29.6. The number of nitrogens with zero attached hydrogens (tertiary/aromatic N) is 2. The van der Waals surface area contributed by atoms with E-state index in [1.54, 1.807) is 4.90 Å². The highest BCUT2D eigenvalue weighted by molar-refractivity contribution is 5.40. The van der Waals surface area contributed by atoms with Gasteiger partial charge in [0.15, 0.2) is 0 Å². The summed E-state index contributed by atoms with van der Waals surface area (Å²) < 4.78 is 13.1. The maximum atomic E-state index is 13.1. The second-order valence-corrected chi connectivity index (χ2v) is 4.36. The fourth-order valence-electron chi connectivity index (χ4n) is 2.08. The summed E-state index contributed by atoms with van der Waals surface area (Å²) in [6.07, 6.45) is -1.73. The number of aliphatic hydroxyl groups is 2. The van der Waals surface area contributed by atoms with Crippen LogP contribution in [0.25, 0.3) is 0 Å². The molecule has 0 bridgehead atoms. The highest BCUT2D eigenvalue weighted by Gasteiger charge is 2.30. The Morgan fingerprint density at radius 3 is 2.56 bits per heavy atom. The molecule has 0 aromatic heterocycles. The zero-order valence-corrected chi connectivity index (χ0v) is 9.49. The minimum Gasteiger partial charge on any atom is -0.389 e. The van der Waals surface area contributed by atoms with Gasteiger partial charge in [-0.3, -0.25) is 15.0 Å². The van der Waals surface area contributed by atoms with Crippen molar-refractivity contribution in [2.24, 2.45) is 0 Å². The van der Waals surface area contributed by atoms with Gasteiger partial charge in [-0.1, -0.05) is 0 Å². The molecule has 0 amide bonds. The summed E-state index contributed by atoms with van der Waals surface area (Å²) in [6, 6.07) is 3.26. The van der Waals surface area contributed by atoms with Gasteiger partial charge in [-0.25, -0.2) is 4.39 Å². The molecule has 98 valence electrons. The van der Waals surface area contributed by atoms with E-state index in [-0.39, 0.29) is 30.9 Å². The number of β-amino-alcohol motifs (C(OH)–C–C–N with tert-alkyl or cyclic N) is 2. The molecular weight excluding hydrogens is 243 g/mol. The number of nitro groups is 1. The minimum absolute atomic E-state index is 0.127. The Kier molecular flexibility index (Phi) is 3.55. The average molecular weight is 256 g/mol. The molecule has 0 saturated carbocycles. The van der Waals surface area contributed by atoms with E-state index in [1.165, 1.54) is 0 Å². The summed E-state index contributed by atoms with van der Waals surface area (Å²) in [5.41, 5.74) is 0.0774. The first-order valence-corrected chi connectivity index (χ1v) is 5.48. The van der Waals surface area contributed by atoms with Crippen molar-refractivity contribution >= 4 is 5.69 Å². The van der Waals surface area contributed by atoms with Crippen molar-refractivity contribution in [2.75, 3.05) is 13.1 Å². The van der Waals surface area contributed by atoms with Crippen molar-refractivity contribution in [3.05, 3.63) is 39.7 Å². The van der Waals surface area contributed by atoms with Gasteiger partial charge in [-0.15, -0.1) is 0 Å². The molecule has 2 rings (SSSR count). The van der Waals surface area contributed by atoms with Crippen LogP contribution in [0, 0.1) is 15.9 Å². The third-order valence-electron chi connectivity index (χ3n) is 2.97. The fourth-order valence-corrected chi connectivity index (χ4v) is 2.08. The highest BCUT2D eigenvalue weighted by atomic mass is 19.1. The van der Waals surface area contributed by atoms with Crippen molar-refractivity contribution in [2.45, 2.75) is 18.8 Å². The summed E-state index contributed by atoms with van der Waals surface area (Å²) in [6.45, 7) is 0.561. The van der Waals surface area contributed by atoms with Crippen LogP contribution < -0.4 is 0 Å². The zero-order chi connectivity index (χ0) is 13.3. The van der Waals surface area contributed by atoms with Crippen molar-refractivity contribution in [3.8, 4) is 0 Å². The van der Waals surface area contributed by atoms with Gasteiger partial charge in [-0.2, -0.15) is 0 Å². The number of halogens is 1. The molecular formula is C11H13FN2O4. The van der Waals surface area contributed by atoms with E-state index in [4.69, 9.17) is 0 Å². The number of nitro benzene ring substituents is 1. The summed E-state index contributed by atoms with van der Waals surface area (Å²) >= 11 is 0. The SMILES string of the molecule is O=[N+]([O-])c1ccc(F)cc1CN1CC(O)C(O)C1. The van der Waals surface area contributed by atoms with Crippen LogP contribution in [0.5, 0.6) is 0 Å². The van der Waals surface area contributed by atoms with Crippen molar-refractivity contribution in [1.82, 2.24) is 4.90 Å². The fraction of sp³-hybridized carbons (Fsp3) is 0.455. The third kappa shape index (κ3) is 2.63. The van der Waals surface area contributed by atoms with Gasteiger partial charge in [0.25, 0.3) is 5.69 Å². The Hall–Kier alpha value is -1.57. The topological polar surface area (TPSA) is 86.8 Å². The van der Waals surface area contributed by atoms with Gasteiger partial charge in [0.2, 0.25) is 0 Å². The lowest BCUT2D eigenvalue weighted by Gasteiger charge is -2.14. The van der Waals surface area contributed by atoms with Gasteiger partial charge in [0, 0.05) is 31.3 Å². The molecule has 1 aliphatic heterocycles. The van der Waals surface area contributed by atoms with E-state index < -0.39 is 22.9 Å². The van der Waals surface area contributed by atoms with Gasteiger partial charge in [0.1, 0.15) is 5.82 Å². The Labute approximate surface area is 102 Å². The largest absolute Gasteiger partial charge is 0.389 e. The molecule has 0 aliphatic carbocycles. The summed E-state index contributed by atoms with van der Waals surface area (Å²) in [5.74, 6) is -0.545. The first-order valence-electron chi connectivity index (χ1n) is 5.48. The van der Waals surface area contributed by atoms with E-state index in [0.29, 0.717) is 0 Å². The van der Waals surface area contributed by atoms with Gasteiger partial charge in [0.05, 0.1) is 17.1 Å². The molecule has 7 heteroatoms. The number of aliphatic hydroxyl groups excluding tert-OH is 2. The molecule has 1 aromatic carbocycles. The smallest absolute Gasteiger partial charge is 0.274 e. The monoisotopic (exact) mass is 256 g/mol. The van der Waals surface area contributed by atoms with Crippen LogP contribution in [0.4, 0.5) is 10.1 Å². The molecule has 0 spiro atoms. The van der Waals surface area contributed by atoms with E-state index in [9.17, 15) is 24.7 Å². The first kappa shape index (κ1) is 12.9. The van der Waals surface area contributed by atoms with Crippen LogP contribution in [-0.4, -0.2) is 45.3 Å². The number of benzene rings is 1. The highest BCUT2D eigenvalue weighted by Crippen LogP contribution is 2.23. The number of hydrogen-bond donors (Lipinski definition) is 2. The molecule has 1 aliphatic rings. The normalized spacial score (nSPS) is 24.4. The molecule has 2 N–H and O–H groups in total. The second kappa shape index (κ2) is 4.97. The van der Waals surface area contributed by atoms with Gasteiger partial charge < -0.3 is 10.2 Å². The molecule has 2 atom stereocenters. The molecule has 1 heterocycles. The van der Waals surface area contributed by atoms with Crippen molar-refractivity contribution in [3.63, 3.8) is 0 Å². The molecule has 1 saturated heterocycles. The minimum atomic E-state index is -0.863. The molecule has 2 unspecified atom stereocenters. The van der Waals surface area contributed by atoms with E-state index in [0.717, 1.165) is 18.2 Å². The molecule has 6 nitrogen and oxygen atoms in total. The zero-order valence-electron chi connectivity index (χ0n) is 9.49. The Morgan fingerprint density at radius 2 is 2.00 bits per heavy atom. The van der Waals surface area contributed by atoms with Gasteiger partial charge in [-0.05, 0) is 12.1 Å². The van der Waals surface area contributed by atoms with E-state index in [1.807, 2.05) is 0 Å². The molecule has 18 heavy (non-hydrogen) atoms. The average Bonchev–Trinajstić information content (AvgIpc) is 2.57. The maximum absolute atomic E-state index is 13.1. The number of likely N-dealkylation sites (tertiary alicyclic amines) is 1. The van der Waals surface area contributed by atoms with Crippen LogP contribution in [0.2, 0.25) is 0 Å². The lowest BCUT2D eigenvalue weighted by molar-refractivity contribution is -0.385. The van der Waals surface area contributed by atoms with Crippen LogP contribution in [0.15, 0.2) is 18.2 Å². The van der Waals surface area contributed by atoms with Crippen molar-refractivity contribution < 1.29 is 19.5 Å². The van der Waals surface area contributed by atoms with Crippen LogP contribution >= 0.6 is 0 Å². The Bertz CT molecular complexity index is 458. The summed E-state index contributed by atoms with van der Waals surface area (Å²) in [7, 11) is 0. The molecule has 1 fully saturated rings. The first-order chi connectivity index (χ1) is 8.47. The summed E-state index contributed by atoms with van der Waals surface area (Å²) in [4.78, 5) is 11.9. The lowest BCUT2D eigenvalue weighted by atomic mass is 10.1. The van der Waals surface area contributed by atoms with Crippen molar-refractivity contribution in [1.29, 1.82) is 0 Å². The van der Waals surface area contributed by atoms with Gasteiger partial charge >= 0.3 is 0 Å². The molecule has 0 radical (unpaired) electrons. The standard InChI is InChI=1S/C11H13FN2O4/c12-8-1-2-9(14(17)18)7(3-8)4-13-5-10(15)11(16)6-13/h1-3,10-11,15-16H,4-6H2.